The standard InChI is InChI=1S/C14H16Cl2N2O2/c1-3-14(2)13(20)17-7-12(19)18(14)8-9-4-5-10(15)11(16)6-9/h4-6H,3,7-8H2,1-2H3,(H,17,20). The van der Waals surface area contributed by atoms with Crippen molar-refractivity contribution in [3.63, 3.8) is 0 Å². The third kappa shape index (κ3) is 2.63. The van der Waals surface area contributed by atoms with Crippen molar-refractivity contribution < 1.29 is 9.59 Å². The number of carbonyl (C=O) groups excluding carboxylic acids is 2. The third-order valence-corrected chi connectivity index (χ3v) is 4.54. The maximum absolute atomic E-state index is 12.1. The second-order valence-corrected chi connectivity index (χ2v) is 5.85. The van der Waals surface area contributed by atoms with E-state index in [0.29, 0.717) is 23.0 Å². The molecule has 0 aliphatic carbocycles. The lowest BCUT2D eigenvalue weighted by molar-refractivity contribution is -0.153. The van der Waals surface area contributed by atoms with E-state index in [1.165, 1.54) is 0 Å². The van der Waals surface area contributed by atoms with E-state index in [9.17, 15) is 9.59 Å². The predicted molar refractivity (Wildman–Crippen MR) is 78.7 cm³/mol. The summed E-state index contributed by atoms with van der Waals surface area (Å²) in [7, 11) is 0. The summed E-state index contributed by atoms with van der Waals surface area (Å²) in [5, 5.41) is 3.54. The maximum Gasteiger partial charge on any atom is 0.246 e. The first kappa shape index (κ1) is 15.1. The zero-order valence-electron chi connectivity index (χ0n) is 11.4. The topological polar surface area (TPSA) is 49.4 Å². The minimum atomic E-state index is -0.832. The first-order valence-electron chi connectivity index (χ1n) is 6.41. The van der Waals surface area contributed by atoms with Gasteiger partial charge in [-0.15, -0.1) is 0 Å². The molecule has 0 spiro atoms. The largest absolute Gasteiger partial charge is 0.345 e. The number of benzene rings is 1. The van der Waals surface area contributed by atoms with Crippen molar-refractivity contribution in [3.8, 4) is 0 Å². The van der Waals surface area contributed by atoms with Crippen LogP contribution in [0.1, 0.15) is 25.8 Å². The lowest BCUT2D eigenvalue weighted by atomic mass is 9.92. The first-order chi connectivity index (χ1) is 9.38. The van der Waals surface area contributed by atoms with Gasteiger partial charge in [-0.1, -0.05) is 36.2 Å². The lowest BCUT2D eigenvalue weighted by Crippen LogP contribution is -2.65. The number of amides is 2. The molecular formula is C14H16Cl2N2O2. The van der Waals surface area contributed by atoms with E-state index in [1.54, 1.807) is 24.0 Å². The molecule has 6 heteroatoms. The predicted octanol–water partition coefficient (Wildman–Crippen LogP) is 2.62. The molecule has 1 saturated heterocycles. The molecule has 1 atom stereocenters. The SMILES string of the molecule is CCC1(C)C(=O)NCC(=O)N1Cc1ccc(Cl)c(Cl)c1. The Kier molecular flexibility index (Phi) is 4.25. The average Bonchev–Trinajstić information content (AvgIpc) is 2.43. The van der Waals surface area contributed by atoms with Gasteiger partial charge in [0.15, 0.2) is 0 Å². The van der Waals surface area contributed by atoms with Crippen LogP contribution in [0.15, 0.2) is 18.2 Å². The van der Waals surface area contributed by atoms with Crippen LogP contribution in [0.3, 0.4) is 0 Å². The van der Waals surface area contributed by atoms with Gasteiger partial charge in [-0.3, -0.25) is 9.59 Å². The Morgan fingerprint density at radius 3 is 2.60 bits per heavy atom. The van der Waals surface area contributed by atoms with E-state index in [2.05, 4.69) is 5.32 Å². The van der Waals surface area contributed by atoms with Gasteiger partial charge >= 0.3 is 0 Å². The molecule has 0 radical (unpaired) electrons. The normalized spacial score (nSPS) is 22.9. The van der Waals surface area contributed by atoms with Gasteiger partial charge in [0.25, 0.3) is 0 Å². The number of halogens is 2. The van der Waals surface area contributed by atoms with Crippen molar-refractivity contribution in [2.45, 2.75) is 32.4 Å². The minimum Gasteiger partial charge on any atom is -0.345 e. The number of carbonyl (C=O) groups is 2. The lowest BCUT2D eigenvalue weighted by Gasteiger charge is -2.43. The average molecular weight is 315 g/mol. The summed E-state index contributed by atoms with van der Waals surface area (Å²) in [6, 6.07) is 5.22. The van der Waals surface area contributed by atoms with E-state index in [1.807, 2.05) is 13.0 Å². The summed E-state index contributed by atoms with van der Waals surface area (Å²) in [6.45, 7) is 4.04. The molecule has 1 unspecified atom stereocenters. The Morgan fingerprint density at radius 2 is 2.00 bits per heavy atom. The van der Waals surface area contributed by atoms with Crippen LogP contribution < -0.4 is 5.32 Å². The number of nitrogens with one attached hydrogen (secondary N) is 1. The van der Waals surface area contributed by atoms with Crippen molar-refractivity contribution in [2.24, 2.45) is 0 Å². The fraction of sp³-hybridized carbons (Fsp3) is 0.429. The maximum atomic E-state index is 12.1. The van der Waals surface area contributed by atoms with Gasteiger partial charge in [0, 0.05) is 6.54 Å². The monoisotopic (exact) mass is 314 g/mol. The number of hydrogen-bond acceptors (Lipinski definition) is 2. The van der Waals surface area contributed by atoms with Crippen LogP contribution in [0.25, 0.3) is 0 Å². The first-order valence-corrected chi connectivity index (χ1v) is 7.16. The Balaban J connectivity index is 2.30. The Hall–Kier alpha value is -1.26. The molecule has 1 aromatic rings. The molecule has 0 saturated carbocycles. The van der Waals surface area contributed by atoms with Gasteiger partial charge in [-0.05, 0) is 31.0 Å². The van der Waals surface area contributed by atoms with E-state index in [4.69, 9.17) is 23.2 Å². The molecule has 1 aliphatic rings. The molecule has 1 aromatic carbocycles. The zero-order chi connectivity index (χ0) is 14.9. The Labute approximate surface area is 128 Å². The molecule has 1 aliphatic heterocycles. The molecule has 0 aromatic heterocycles. The fourth-order valence-electron chi connectivity index (χ4n) is 2.27. The summed E-state index contributed by atoms with van der Waals surface area (Å²) < 4.78 is 0. The van der Waals surface area contributed by atoms with E-state index in [-0.39, 0.29) is 18.4 Å². The van der Waals surface area contributed by atoms with E-state index < -0.39 is 5.54 Å². The van der Waals surface area contributed by atoms with Crippen LogP contribution in [-0.4, -0.2) is 28.8 Å². The fourth-order valence-corrected chi connectivity index (χ4v) is 2.59. The summed E-state index contributed by atoms with van der Waals surface area (Å²) >= 11 is 11.9. The highest BCUT2D eigenvalue weighted by molar-refractivity contribution is 6.42. The van der Waals surface area contributed by atoms with Crippen LogP contribution in [0, 0.1) is 0 Å². The third-order valence-electron chi connectivity index (χ3n) is 3.80. The van der Waals surface area contributed by atoms with Crippen molar-refractivity contribution in [3.05, 3.63) is 33.8 Å². The molecular weight excluding hydrogens is 299 g/mol. The molecule has 1 N–H and O–H groups in total. The molecule has 2 amide bonds. The highest BCUT2D eigenvalue weighted by atomic mass is 35.5. The summed E-state index contributed by atoms with van der Waals surface area (Å²) in [4.78, 5) is 25.8. The smallest absolute Gasteiger partial charge is 0.246 e. The molecule has 108 valence electrons. The number of nitrogens with zero attached hydrogens (tertiary/aromatic N) is 1. The van der Waals surface area contributed by atoms with E-state index >= 15 is 0 Å². The number of piperazine rings is 1. The van der Waals surface area contributed by atoms with Crippen LogP contribution in [0.4, 0.5) is 0 Å². The quantitative estimate of drug-likeness (QED) is 0.932. The zero-order valence-corrected chi connectivity index (χ0v) is 12.9. The van der Waals surface area contributed by atoms with Gasteiger partial charge in [-0.25, -0.2) is 0 Å². The van der Waals surface area contributed by atoms with Gasteiger partial charge in [-0.2, -0.15) is 0 Å². The van der Waals surface area contributed by atoms with Crippen LogP contribution in [0.2, 0.25) is 10.0 Å². The van der Waals surface area contributed by atoms with Crippen molar-refractivity contribution in [1.82, 2.24) is 10.2 Å². The van der Waals surface area contributed by atoms with Gasteiger partial charge in [0.2, 0.25) is 11.8 Å². The minimum absolute atomic E-state index is 0.0374. The highest BCUT2D eigenvalue weighted by Crippen LogP contribution is 2.28. The van der Waals surface area contributed by atoms with Gasteiger partial charge < -0.3 is 10.2 Å². The van der Waals surface area contributed by atoms with Crippen molar-refractivity contribution >= 4 is 35.0 Å². The highest BCUT2D eigenvalue weighted by Gasteiger charge is 2.43. The molecule has 0 bridgehead atoms. The van der Waals surface area contributed by atoms with Crippen molar-refractivity contribution in [2.75, 3.05) is 6.54 Å². The summed E-state index contributed by atoms with van der Waals surface area (Å²) in [5.41, 5.74) is 0.0173. The Bertz CT molecular complexity index is 562. The van der Waals surface area contributed by atoms with Gasteiger partial charge in [0.1, 0.15) is 5.54 Å². The molecule has 2 rings (SSSR count). The second-order valence-electron chi connectivity index (χ2n) is 5.04. The summed E-state index contributed by atoms with van der Waals surface area (Å²) in [5.74, 6) is -0.223. The molecule has 1 heterocycles. The van der Waals surface area contributed by atoms with Gasteiger partial charge in [0.05, 0.1) is 16.6 Å². The van der Waals surface area contributed by atoms with Crippen LogP contribution in [0.5, 0.6) is 0 Å². The Morgan fingerprint density at radius 1 is 1.30 bits per heavy atom. The van der Waals surface area contributed by atoms with Crippen LogP contribution in [-0.2, 0) is 16.1 Å². The van der Waals surface area contributed by atoms with Crippen molar-refractivity contribution in [1.29, 1.82) is 0 Å². The molecule has 1 fully saturated rings. The second kappa shape index (κ2) is 5.62. The number of hydrogen-bond donors (Lipinski definition) is 1. The number of rotatable bonds is 3. The molecule has 4 nitrogen and oxygen atoms in total. The van der Waals surface area contributed by atoms with Crippen LogP contribution >= 0.6 is 23.2 Å². The molecule has 20 heavy (non-hydrogen) atoms. The summed E-state index contributed by atoms with van der Waals surface area (Å²) in [6.07, 6.45) is 0.548. The van der Waals surface area contributed by atoms with E-state index in [0.717, 1.165) is 5.56 Å².